The summed E-state index contributed by atoms with van der Waals surface area (Å²) < 4.78 is 13.0. The van der Waals surface area contributed by atoms with Gasteiger partial charge in [0.05, 0.1) is 22.2 Å². The molecule has 3 aromatic rings. The molecular weight excluding hydrogens is 514 g/mol. The van der Waals surface area contributed by atoms with E-state index >= 15 is 0 Å². The van der Waals surface area contributed by atoms with Gasteiger partial charge in [-0.15, -0.1) is 11.3 Å². The summed E-state index contributed by atoms with van der Waals surface area (Å²) in [6.07, 6.45) is 0.0293. The first-order valence-corrected chi connectivity index (χ1v) is 12.3. The third kappa shape index (κ3) is 7.74. The highest BCUT2D eigenvalue weighted by Crippen LogP contribution is 2.24. The van der Waals surface area contributed by atoms with Crippen LogP contribution in [0.4, 0.5) is 9.52 Å². The van der Waals surface area contributed by atoms with Crippen LogP contribution in [0.15, 0.2) is 47.8 Å². The molecule has 184 valence electrons. The maximum atomic E-state index is 13.0. The van der Waals surface area contributed by atoms with Gasteiger partial charge in [0.1, 0.15) is 12.4 Å². The zero-order valence-electron chi connectivity index (χ0n) is 19.0. The smallest absolute Gasteiger partial charge is 0.254 e. The van der Waals surface area contributed by atoms with Crippen LogP contribution in [0.1, 0.15) is 35.5 Å². The highest BCUT2D eigenvalue weighted by molar-refractivity contribution is 7.13. The van der Waals surface area contributed by atoms with Gasteiger partial charge in [0.15, 0.2) is 5.13 Å². The molecule has 0 atom stereocenters. The molecule has 7 nitrogen and oxygen atoms in total. The number of benzene rings is 2. The second-order valence-corrected chi connectivity index (χ2v) is 9.60. The van der Waals surface area contributed by atoms with Crippen LogP contribution in [0, 0.1) is 5.82 Å². The van der Waals surface area contributed by atoms with Crippen LogP contribution in [0.25, 0.3) is 0 Å². The second-order valence-electron chi connectivity index (χ2n) is 7.93. The lowest BCUT2D eigenvalue weighted by Gasteiger charge is -2.26. The maximum Gasteiger partial charge on any atom is 0.254 e. The third-order valence-electron chi connectivity index (χ3n) is 4.91. The Morgan fingerprint density at radius 3 is 2.43 bits per heavy atom. The average Bonchev–Trinajstić information content (AvgIpc) is 3.24. The first-order chi connectivity index (χ1) is 16.6. The van der Waals surface area contributed by atoms with Crippen molar-refractivity contribution in [2.75, 3.05) is 11.9 Å². The van der Waals surface area contributed by atoms with Crippen molar-refractivity contribution in [3.63, 3.8) is 0 Å². The Balaban J connectivity index is 1.54. The number of nitrogens with one attached hydrogen (secondary N) is 2. The zero-order valence-corrected chi connectivity index (χ0v) is 21.3. The molecule has 0 saturated heterocycles. The molecule has 0 aliphatic heterocycles. The molecule has 0 saturated carbocycles. The molecule has 0 bridgehead atoms. The van der Waals surface area contributed by atoms with Crippen molar-refractivity contribution in [2.45, 2.75) is 32.9 Å². The number of nitrogens with zero attached hydrogens (tertiary/aromatic N) is 2. The van der Waals surface area contributed by atoms with Crippen molar-refractivity contribution in [3.8, 4) is 0 Å². The van der Waals surface area contributed by atoms with Gasteiger partial charge in [-0.3, -0.25) is 14.4 Å². The summed E-state index contributed by atoms with van der Waals surface area (Å²) in [7, 11) is 0. The van der Waals surface area contributed by atoms with Crippen LogP contribution in [0.5, 0.6) is 0 Å². The normalized spacial score (nSPS) is 10.8. The summed E-state index contributed by atoms with van der Waals surface area (Å²) in [5.41, 5.74) is 1.59. The van der Waals surface area contributed by atoms with Crippen molar-refractivity contribution >= 4 is 57.4 Å². The van der Waals surface area contributed by atoms with Crippen molar-refractivity contribution < 1.29 is 18.8 Å². The number of anilines is 1. The number of aromatic nitrogens is 1. The Morgan fingerprint density at radius 2 is 1.77 bits per heavy atom. The number of hydrogen-bond acceptors (Lipinski definition) is 5. The number of thiazole rings is 1. The van der Waals surface area contributed by atoms with E-state index in [2.05, 4.69) is 15.6 Å². The Kier molecular flexibility index (Phi) is 9.20. The van der Waals surface area contributed by atoms with Gasteiger partial charge in [-0.1, -0.05) is 35.3 Å². The molecule has 3 rings (SSSR count). The van der Waals surface area contributed by atoms with E-state index in [0.717, 1.165) is 5.56 Å². The Hall–Kier alpha value is -3.01. The molecule has 0 unspecified atom stereocenters. The van der Waals surface area contributed by atoms with E-state index in [4.69, 9.17) is 23.2 Å². The van der Waals surface area contributed by atoms with Crippen LogP contribution >= 0.6 is 34.5 Å². The third-order valence-corrected chi connectivity index (χ3v) is 6.45. The fourth-order valence-electron chi connectivity index (χ4n) is 3.07. The van der Waals surface area contributed by atoms with Crippen molar-refractivity contribution in [1.29, 1.82) is 0 Å². The number of hydrogen-bond donors (Lipinski definition) is 2. The number of rotatable bonds is 9. The predicted molar refractivity (Wildman–Crippen MR) is 135 cm³/mol. The molecule has 1 aromatic heterocycles. The maximum absolute atomic E-state index is 13.0. The van der Waals surface area contributed by atoms with E-state index in [1.807, 2.05) is 0 Å². The average molecular weight is 537 g/mol. The van der Waals surface area contributed by atoms with Crippen molar-refractivity contribution in [1.82, 2.24) is 15.2 Å². The quantitative estimate of drug-likeness (QED) is 0.405. The summed E-state index contributed by atoms with van der Waals surface area (Å²) >= 11 is 13.1. The number of amides is 3. The highest BCUT2D eigenvalue weighted by atomic mass is 35.5. The number of carbonyl (C=O) groups excluding carboxylic acids is 3. The molecule has 0 radical (unpaired) electrons. The summed E-state index contributed by atoms with van der Waals surface area (Å²) in [5.74, 6) is -1.37. The van der Waals surface area contributed by atoms with E-state index in [9.17, 15) is 18.8 Å². The van der Waals surface area contributed by atoms with Gasteiger partial charge in [0.2, 0.25) is 11.8 Å². The van der Waals surface area contributed by atoms with Gasteiger partial charge in [-0.2, -0.15) is 0 Å². The lowest BCUT2D eigenvalue weighted by molar-refractivity contribution is -0.120. The van der Waals surface area contributed by atoms with E-state index in [0.29, 0.717) is 21.4 Å². The first kappa shape index (κ1) is 26.6. The van der Waals surface area contributed by atoms with E-state index < -0.39 is 5.91 Å². The Bertz CT molecular complexity index is 1220. The molecular formula is C24H23Cl2FN4O3S. The molecule has 0 aliphatic carbocycles. The zero-order chi connectivity index (χ0) is 25.5. The van der Waals surface area contributed by atoms with E-state index in [1.165, 1.54) is 40.5 Å². The summed E-state index contributed by atoms with van der Waals surface area (Å²) in [5, 5.41) is 8.00. The fourth-order valence-corrected chi connectivity index (χ4v) is 4.10. The first-order valence-electron chi connectivity index (χ1n) is 10.6. The Labute approximate surface area is 216 Å². The predicted octanol–water partition coefficient (Wildman–Crippen LogP) is 4.94. The van der Waals surface area contributed by atoms with Crippen molar-refractivity contribution in [3.05, 3.63) is 80.5 Å². The molecule has 0 aliphatic rings. The van der Waals surface area contributed by atoms with E-state index in [-0.39, 0.29) is 48.2 Å². The number of halogens is 3. The standard InChI is InChI=1S/C24H23Cl2FN4O3S/c1-14(2)31(23(34)16-5-8-19(25)20(26)9-16)12-22(33)30-24-29-18(13-35-24)10-21(32)28-11-15-3-6-17(27)7-4-15/h3-9,13-14H,10-12H2,1-2H3,(H,28,32)(H,29,30,33). The molecule has 0 spiro atoms. The lowest BCUT2D eigenvalue weighted by Crippen LogP contribution is -2.42. The van der Waals surface area contributed by atoms with Gasteiger partial charge in [0, 0.05) is 23.5 Å². The summed E-state index contributed by atoms with van der Waals surface area (Å²) in [4.78, 5) is 43.4. The largest absolute Gasteiger partial charge is 0.352 e. The van der Waals surface area contributed by atoms with Crippen LogP contribution in [-0.2, 0) is 22.6 Å². The van der Waals surface area contributed by atoms with E-state index in [1.54, 1.807) is 37.4 Å². The minimum atomic E-state index is -0.422. The molecule has 35 heavy (non-hydrogen) atoms. The fraction of sp³-hybridized carbons (Fsp3) is 0.250. The molecule has 11 heteroatoms. The SMILES string of the molecule is CC(C)N(CC(=O)Nc1nc(CC(=O)NCc2ccc(F)cc2)cs1)C(=O)c1ccc(Cl)c(Cl)c1. The molecule has 2 N–H and O–H groups in total. The summed E-state index contributed by atoms with van der Waals surface area (Å²) in [6, 6.07) is 10.1. The van der Waals surface area contributed by atoms with Crippen LogP contribution in [0.2, 0.25) is 10.0 Å². The van der Waals surface area contributed by atoms with Gasteiger partial charge in [0.25, 0.3) is 5.91 Å². The molecule has 3 amide bonds. The van der Waals surface area contributed by atoms with Crippen LogP contribution in [-0.4, -0.2) is 40.2 Å². The minimum absolute atomic E-state index is 0.0293. The molecule has 1 heterocycles. The number of carbonyl (C=O) groups is 3. The van der Waals surface area contributed by atoms with Crippen LogP contribution < -0.4 is 10.6 Å². The van der Waals surface area contributed by atoms with Gasteiger partial charge in [-0.05, 0) is 49.7 Å². The van der Waals surface area contributed by atoms with Gasteiger partial charge >= 0.3 is 0 Å². The minimum Gasteiger partial charge on any atom is -0.352 e. The van der Waals surface area contributed by atoms with Gasteiger partial charge < -0.3 is 15.5 Å². The van der Waals surface area contributed by atoms with Crippen LogP contribution in [0.3, 0.4) is 0 Å². The highest BCUT2D eigenvalue weighted by Gasteiger charge is 2.23. The second kappa shape index (κ2) is 12.1. The lowest BCUT2D eigenvalue weighted by atomic mass is 10.1. The molecule has 2 aromatic carbocycles. The monoisotopic (exact) mass is 536 g/mol. The molecule has 0 fully saturated rings. The summed E-state index contributed by atoms with van der Waals surface area (Å²) in [6.45, 7) is 3.68. The topological polar surface area (TPSA) is 91.4 Å². The van der Waals surface area contributed by atoms with Gasteiger partial charge in [-0.25, -0.2) is 9.37 Å². The Morgan fingerprint density at radius 1 is 1.06 bits per heavy atom. The van der Waals surface area contributed by atoms with Crippen molar-refractivity contribution in [2.24, 2.45) is 0 Å².